The van der Waals surface area contributed by atoms with Crippen LogP contribution in [0, 0.1) is 0 Å². The molecule has 5 rings (SSSR count). The van der Waals surface area contributed by atoms with E-state index in [9.17, 15) is 4.79 Å². The molecule has 0 aliphatic heterocycles. The maximum atomic E-state index is 13.1. The normalized spacial score (nSPS) is 11.6. The second-order valence-electron chi connectivity index (χ2n) is 9.25. The zero-order valence-electron chi connectivity index (χ0n) is 21.0. The standard InChI is InChI=1S/C28H30N6O2/c1-19(2)23-7-5-6-8-24(23)26-29-16-25-27(31-26)34(28(35)32(25)3)17-20-9-11-21(12-10-20)22-15-30-33(18-22)13-14-36-4/h5-12,15-16,18-19H,13-14,17H2,1-4H3. The first-order chi connectivity index (χ1) is 17.5. The Kier molecular flexibility index (Phi) is 6.52. The van der Waals surface area contributed by atoms with E-state index < -0.39 is 0 Å². The van der Waals surface area contributed by atoms with Gasteiger partial charge in [-0.05, 0) is 22.6 Å². The minimum atomic E-state index is -0.114. The van der Waals surface area contributed by atoms with Crippen LogP contribution < -0.4 is 5.69 Å². The molecule has 0 aliphatic carbocycles. The molecule has 184 valence electrons. The molecule has 36 heavy (non-hydrogen) atoms. The van der Waals surface area contributed by atoms with Crippen LogP contribution in [0.5, 0.6) is 0 Å². The zero-order valence-corrected chi connectivity index (χ0v) is 21.0. The van der Waals surface area contributed by atoms with Crippen molar-refractivity contribution in [1.82, 2.24) is 28.9 Å². The van der Waals surface area contributed by atoms with Gasteiger partial charge in [0.25, 0.3) is 0 Å². The molecule has 0 aliphatic rings. The Labute approximate surface area is 209 Å². The summed E-state index contributed by atoms with van der Waals surface area (Å²) in [5.74, 6) is 0.969. The van der Waals surface area contributed by atoms with Crippen LogP contribution in [0.1, 0.15) is 30.9 Å². The van der Waals surface area contributed by atoms with Gasteiger partial charge in [0.1, 0.15) is 5.52 Å². The Morgan fingerprint density at radius 2 is 1.78 bits per heavy atom. The van der Waals surface area contributed by atoms with E-state index in [0.29, 0.717) is 42.6 Å². The van der Waals surface area contributed by atoms with Crippen LogP contribution in [-0.4, -0.2) is 42.6 Å². The molecule has 5 aromatic rings. The third-order valence-electron chi connectivity index (χ3n) is 6.49. The van der Waals surface area contributed by atoms with Crippen molar-refractivity contribution in [3.63, 3.8) is 0 Å². The quantitative estimate of drug-likeness (QED) is 0.326. The Bertz CT molecular complexity index is 1560. The van der Waals surface area contributed by atoms with E-state index in [0.717, 1.165) is 22.3 Å². The number of aromatic nitrogens is 6. The van der Waals surface area contributed by atoms with Crippen LogP contribution in [0.2, 0.25) is 0 Å². The minimum Gasteiger partial charge on any atom is -0.383 e. The maximum Gasteiger partial charge on any atom is 0.330 e. The monoisotopic (exact) mass is 482 g/mol. The smallest absolute Gasteiger partial charge is 0.330 e. The second-order valence-corrected chi connectivity index (χ2v) is 9.25. The first-order valence-electron chi connectivity index (χ1n) is 12.1. The number of hydrogen-bond donors (Lipinski definition) is 0. The van der Waals surface area contributed by atoms with Crippen LogP contribution in [0.4, 0.5) is 0 Å². The summed E-state index contributed by atoms with van der Waals surface area (Å²) in [6, 6.07) is 16.4. The summed E-state index contributed by atoms with van der Waals surface area (Å²) in [5, 5.41) is 4.39. The van der Waals surface area contributed by atoms with Gasteiger partial charge in [-0.25, -0.2) is 14.8 Å². The van der Waals surface area contributed by atoms with Gasteiger partial charge in [-0.1, -0.05) is 62.4 Å². The predicted molar refractivity (Wildman–Crippen MR) is 141 cm³/mol. The average Bonchev–Trinajstić information content (AvgIpc) is 3.47. The first-order valence-corrected chi connectivity index (χ1v) is 12.1. The fourth-order valence-electron chi connectivity index (χ4n) is 4.46. The molecular formula is C28H30N6O2. The maximum absolute atomic E-state index is 13.1. The van der Waals surface area contributed by atoms with Gasteiger partial charge in [-0.15, -0.1) is 0 Å². The number of aryl methyl sites for hydroxylation is 1. The molecule has 0 saturated carbocycles. The van der Waals surface area contributed by atoms with Crippen LogP contribution in [0.15, 0.2) is 71.9 Å². The molecule has 0 radical (unpaired) electrons. The number of hydrogen-bond acceptors (Lipinski definition) is 5. The summed E-state index contributed by atoms with van der Waals surface area (Å²) in [5.41, 5.74) is 6.54. The van der Waals surface area contributed by atoms with Crippen molar-refractivity contribution >= 4 is 11.2 Å². The van der Waals surface area contributed by atoms with Gasteiger partial charge in [0.05, 0.1) is 32.1 Å². The number of fused-ring (bicyclic) bond motifs is 1. The van der Waals surface area contributed by atoms with Crippen molar-refractivity contribution in [2.75, 3.05) is 13.7 Å². The van der Waals surface area contributed by atoms with Gasteiger partial charge in [0, 0.05) is 31.5 Å². The number of benzene rings is 2. The lowest BCUT2D eigenvalue weighted by Crippen LogP contribution is -2.22. The van der Waals surface area contributed by atoms with Gasteiger partial charge >= 0.3 is 5.69 Å². The molecule has 0 fully saturated rings. The highest BCUT2D eigenvalue weighted by molar-refractivity contribution is 5.74. The molecule has 0 spiro atoms. The van der Waals surface area contributed by atoms with Gasteiger partial charge < -0.3 is 4.74 Å². The molecule has 8 heteroatoms. The van der Waals surface area contributed by atoms with Gasteiger partial charge in [-0.2, -0.15) is 5.10 Å². The summed E-state index contributed by atoms with van der Waals surface area (Å²) >= 11 is 0. The van der Waals surface area contributed by atoms with E-state index in [1.165, 1.54) is 5.56 Å². The number of methoxy groups -OCH3 is 1. The summed E-state index contributed by atoms with van der Waals surface area (Å²) in [4.78, 5) is 22.6. The van der Waals surface area contributed by atoms with Gasteiger partial charge in [0.2, 0.25) is 0 Å². The molecule has 0 bridgehead atoms. The van der Waals surface area contributed by atoms with E-state index in [1.807, 2.05) is 47.4 Å². The van der Waals surface area contributed by atoms with E-state index in [4.69, 9.17) is 9.72 Å². The molecule has 0 unspecified atom stereocenters. The van der Waals surface area contributed by atoms with Crippen molar-refractivity contribution in [2.45, 2.75) is 32.9 Å². The van der Waals surface area contributed by atoms with Crippen molar-refractivity contribution in [1.29, 1.82) is 0 Å². The molecular weight excluding hydrogens is 452 g/mol. The topological polar surface area (TPSA) is 79.8 Å². The molecule has 0 saturated heterocycles. The fraction of sp³-hybridized carbons (Fsp3) is 0.286. The molecule has 3 heterocycles. The predicted octanol–water partition coefficient (Wildman–Crippen LogP) is 4.48. The Balaban J connectivity index is 1.47. The number of nitrogens with zero attached hydrogens (tertiary/aromatic N) is 6. The molecule has 3 aromatic heterocycles. The number of ether oxygens (including phenoxy) is 1. The van der Waals surface area contributed by atoms with E-state index in [2.05, 4.69) is 42.1 Å². The third kappa shape index (κ3) is 4.47. The van der Waals surface area contributed by atoms with E-state index in [1.54, 1.807) is 29.5 Å². The van der Waals surface area contributed by atoms with Crippen LogP contribution in [0.3, 0.4) is 0 Å². The van der Waals surface area contributed by atoms with E-state index in [-0.39, 0.29) is 5.69 Å². The molecule has 2 aromatic carbocycles. The first kappa shape index (κ1) is 23.7. The summed E-state index contributed by atoms with van der Waals surface area (Å²) in [7, 11) is 3.44. The minimum absolute atomic E-state index is 0.114. The second kappa shape index (κ2) is 9.91. The summed E-state index contributed by atoms with van der Waals surface area (Å²) in [6.45, 7) is 6.07. The number of rotatable bonds is 8. The highest BCUT2D eigenvalue weighted by atomic mass is 16.5. The fourth-order valence-corrected chi connectivity index (χ4v) is 4.46. The van der Waals surface area contributed by atoms with Gasteiger partial charge in [0.15, 0.2) is 11.5 Å². The lowest BCUT2D eigenvalue weighted by Gasteiger charge is -2.11. The molecule has 0 amide bonds. The Morgan fingerprint density at radius 1 is 1.00 bits per heavy atom. The van der Waals surface area contributed by atoms with E-state index >= 15 is 0 Å². The summed E-state index contributed by atoms with van der Waals surface area (Å²) < 4.78 is 10.3. The average molecular weight is 483 g/mol. The lowest BCUT2D eigenvalue weighted by atomic mass is 9.97. The number of imidazole rings is 1. The Morgan fingerprint density at radius 3 is 2.53 bits per heavy atom. The molecule has 0 N–H and O–H groups in total. The largest absolute Gasteiger partial charge is 0.383 e. The van der Waals surface area contributed by atoms with Crippen LogP contribution in [-0.2, 0) is 24.9 Å². The van der Waals surface area contributed by atoms with Crippen molar-refractivity contribution in [2.24, 2.45) is 7.05 Å². The zero-order chi connectivity index (χ0) is 25.2. The SMILES string of the molecule is COCCn1cc(-c2ccc(Cn3c(=O)n(C)c4cnc(-c5ccccc5C(C)C)nc43)cc2)cn1. The molecule has 0 atom stereocenters. The Hall–Kier alpha value is -4.04. The highest BCUT2D eigenvalue weighted by Crippen LogP contribution is 2.27. The van der Waals surface area contributed by atoms with Crippen molar-refractivity contribution in [3.05, 3.63) is 88.7 Å². The summed E-state index contributed by atoms with van der Waals surface area (Å²) in [6.07, 6.45) is 5.61. The third-order valence-corrected chi connectivity index (χ3v) is 6.49. The van der Waals surface area contributed by atoms with Gasteiger partial charge in [-0.3, -0.25) is 13.8 Å². The van der Waals surface area contributed by atoms with Crippen LogP contribution >= 0.6 is 0 Å². The molecule has 8 nitrogen and oxygen atoms in total. The lowest BCUT2D eigenvalue weighted by molar-refractivity contribution is 0.183. The van der Waals surface area contributed by atoms with Crippen molar-refractivity contribution in [3.8, 4) is 22.5 Å². The van der Waals surface area contributed by atoms with Crippen LogP contribution in [0.25, 0.3) is 33.7 Å². The highest BCUT2D eigenvalue weighted by Gasteiger charge is 2.17. The van der Waals surface area contributed by atoms with Crippen molar-refractivity contribution < 1.29 is 4.74 Å².